The largest absolute Gasteiger partial charge is 0.481 e. The zero-order chi connectivity index (χ0) is 29.5. The molecule has 1 aromatic heterocycles. The van der Waals surface area contributed by atoms with E-state index in [1.807, 2.05) is 91.0 Å². The van der Waals surface area contributed by atoms with Gasteiger partial charge in [-0.15, -0.1) is 0 Å². The van der Waals surface area contributed by atoms with Crippen LogP contribution in [0.2, 0.25) is 0 Å². The number of hydrogen-bond donors (Lipinski definition) is 1. The van der Waals surface area contributed by atoms with Gasteiger partial charge < -0.3 is 14.9 Å². The molecule has 0 fully saturated rings. The summed E-state index contributed by atoms with van der Waals surface area (Å²) in [4.78, 5) is 46.9. The van der Waals surface area contributed by atoms with Crippen LogP contribution in [0.3, 0.4) is 0 Å². The molecule has 4 aromatic carbocycles. The van der Waals surface area contributed by atoms with Crippen molar-refractivity contribution < 1.29 is 19.5 Å². The van der Waals surface area contributed by atoms with Crippen molar-refractivity contribution in [2.45, 2.75) is 12.8 Å². The number of aromatic nitrogens is 1. The number of hydrogen-bond acceptors (Lipinski definition) is 4. The second-order valence-corrected chi connectivity index (χ2v) is 9.96. The number of nitrogens with zero attached hydrogens (tertiary/aromatic N) is 3. The molecule has 7 heteroatoms. The number of benzene rings is 4. The van der Waals surface area contributed by atoms with Gasteiger partial charge >= 0.3 is 5.97 Å². The molecule has 0 saturated carbocycles. The van der Waals surface area contributed by atoms with Crippen LogP contribution in [0.15, 0.2) is 115 Å². The van der Waals surface area contributed by atoms with E-state index in [-0.39, 0.29) is 24.8 Å². The molecular weight excluding hydrogens is 526 g/mol. The number of carboxylic acids is 1. The van der Waals surface area contributed by atoms with Crippen LogP contribution in [0.1, 0.15) is 32.8 Å². The van der Waals surface area contributed by atoms with Crippen LogP contribution < -0.4 is 4.90 Å². The first kappa shape index (κ1) is 28.2. The summed E-state index contributed by atoms with van der Waals surface area (Å²) in [6.07, 6.45) is 2.00. The maximum absolute atomic E-state index is 14.0. The van der Waals surface area contributed by atoms with E-state index in [0.29, 0.717) is 35.2 Å². The predicted molar refractivity (Wildman–Crippen MR) is 165 cm³/mol. The minimum absolute atomic E-state index is 0.0553. The SMILES string of the molecule is CN(C(=O)c1ccccc1-c1ccccc1C(=O)N(CCC(=O)O)CCc1ccccn1)c1cccc2ccccc12. The van der Waals surface area contributed by atoms with E-state index in [0.717, 1.165) is 22.2 Å². The summed E-state index contributed by atoms with van der Waals surface area (Å²) in [7, 11) is 1.75. The number of carboxylic acid groups (broad SMARTS) is 1. The number of carbonyl (C=O) groups is 3. The van der Waals surface area contributed by atoms with Crippen LogP contribution in [0, 0.1) is 0 Å². The number of fused-ring (bicyclic) bond motifs is 1. The maximum Gasteiger partial charge on any atom is 0.305 e. The Labute approximate surface area is 244 Å². The van der Waals surface area contributed by atoms with Crippen LogP contribution in [-0.4, -0.2) is 52.9 Å². The Morgan fingerprint density at radius 1 is 0.690 bits per heavy atom. The molecule has 5 aromatic rings. The van der Waals surface area contributed by atoms with Crippen molar-refractivity contribution in [2.24, 2.45) is 0 Å². The van der Waals surface area contributed by atoms with E-state index < -0.39 is 5.97 Å². The molecule has 42 heavy (non-hydrogen) atoms. The van der Waals surface area contributed by atoms with Crippen LogP contribution in [0.4, 0.5) is 5.69 Å². The number of carbonyl (C=O) groups excluding carboxylic acids is 2. The zero-order valence-corrected chi connectivity index (χ0v) is 23.3. The van der Waals surface area contributed by atoms with Gasteiger partial charge in [0.1, 0.15) is 0 Å². The standard InChI is InChI=1S/C35H31N3O4/c1-37(32-19-10-12-25-11-2-3-14-27(25)32)34(41)30-17-6-4-15-28(30)29-16-5-7-18-31(29)35(42)38(24-21-33(39)40)23-20-26-13-8-9-22-36-26/h2-19,22H,20-21,23-24H2,1H3,(H,39,40). The summed E-state index contributed by atoms with van der Waals surface area (Å²) >= 11 is 0. The summed E-state index contributed by atoms with van der Waals surface area (Å²) in [5.41, 5.74) is 3.69. The van der Waals surface area contributed by atoms with Gasteiger partial charge in [-0.25, -0.2) is 0 Å². The lowest BCUT2D eigenvalue weighted by atomic mass is 9.93. The van der Waals surface area contributed by atoms with Gasteiger partial charge in [0.25, 0.3) is 11.8 Å². The van der Waals surface area contributed by atoms with Gasteiger partial charge in [0.05, 0.1) is 12.1 Å². The fourth-order valence-electron chi connectivity index (χ4n) is 5.11. The molecule has 0 bridgehead atoms. The molecule has 1 heterocycles. The number of aliphatic carboxylic acids is 1. The lowest BCUT2D eigenvalue weighted by molar-refractivity contribution is -0.137. The molecule has 5 rings (SSSR count). The van der Waals surface area contributed by atoms with E-state index in [2.05, 4.69) is 4.98 Å². The van der Waals surface area contributed by atoms with Crippen molar-refractivity contribution in [1.29, 1.82) is 0 Å². The molecule has 0 spiro atoms. The first-order valence-corrected chi connectivity index (χ1v) is 13.8. The molecule has 2 amide bonds. The summed E-state index contributed by atoms with van der Waals surface area (Å²) < 4.78 is 0. The monoisotopic (exact) mass is 557 g/mol. The molecule has 0 aliphatic rings. The lowest BCUT2D eigenvalue weighted by Crippen LogP contribution is -2.35. The zero-order valence-electron chi connectivity index (χ0n) is 23.3. The third-order valence-corrected chi connectivity index (χ3v) is 7.28. The topological polar surface area (TPSA) is 90.8 Å². The number of rotatable bonds is 10. The molecule has 7 nitrogen and oxygen atoms in total. The van der Waals surface area contributed by atoms with Crippen molar-refractivity contribution in [3.63, 3.8) is 0 Å². The Morgan fingerprint density at radius 3 is 2.00 bits per heavy atom. The molecule has 0 unspecified atom stereocenters. The van der Waals surface area contributed by atoms with Crippen molar-refractivity contribution in [2.75, 3.05) is 25.0 Å². The normalized spacial score (nSPS) is 10.8. The number of amides is 2. The second kappa shape index (κ2) is 12.9. The Morgan fingerprint density at radius 2 is 1.31 bits per heavy atom. The van der Waals surface area contributed by atoms with Crippen LogP contribution in [0.5, 0.6) is 0 Å². The smallest absolute Gasteiger partial charge is 0.305 e. The van der Waals surface area contributed by atoms with Gasteiger partial charge in [0, 0.05) is 55.0 Å². The van der Waals surface area contributed by atoms with E-state index in [4.69, 9.17) is 0 Å². The van der Waals surface area contributed by atoms with Crippen molar-refractivity contribution >= 4 is 34.2 Å². The third kappa shape index (κ3) is 6.20. The van der Waals surface area contributed by atoms with Gasteiger partial charge in [0.15, 0.2) is 0 Å². The van der Waals surface area contributed by atoms with E-state index >= 15 is 0 Å². The molecule has 210 valence electrons. The summed E-state index contributed by atoms with van der Waals surface area (Å²) in [6, 6.07) is 33.8. The fraction of sp³-hybridized carbons (Fsp3) is 0.143. The van der Waals surface area contributed by atoms with Crippen LogP contribution in [-0.2, 0) is 11.2 Å². The molecule has 0 saturated heterocycles. The minimum Gasteiger partial charge on any atom is -0.481 e. The van der Waals surface area contributed by atoms with Crippen molar-refractivity contribution in [3.05, 3.63) is 132 Å². The minimum atomic E-state index is -0.980. The van der Waals surface area contributed by atoms with Crippen molar-refractivity contribution in [1.82, 2.24) is 9.88 Å². The molecule has 0 aliphatic carbocycles. The van der Waals surface area contributed by atoms with E-state index in [1.165, 1.54) is 0 Å². The Bertz CT molecular complexity index is 1730. The predicted octanol–water partition coefficient (Wildman–Crippen LogP) is 6.34. The number of pyridine rings is 1. The van der Waals surface area contributed by atoms with Gasteiger partial charge in [-0.05, 0) is 46.8 Å². The third-order valence-electron chi connectivity index (χ3n) is 7.28. The van der Waals surface area contributed by atoms with E-state index in [1.54, 1.807) is 41.2 Å². The first-order chi connectivity index (χ1) is 20.4. The highest BCUT2D eigenvalue weighted by Gasteiger charge is 2.24. The highest BCUT2D eigenvalue weighted by atomic mass is 16.4. The highest BCUT2D eigenvalue weighted by Crippen LogP contribution is 2.32. The summed E-state index contributed by atoms with van der Waals surface area (Å²) in [5.74, 6) is -1.49. The van der Waals surface area contributed by atoms with Crippen LogP contribution in [0.25, 0.3) is 21.9 Å². The quantitative estimate of drug-likeness (QED) is 0.216. The summed E-state index contributed by atoms with van der Waals surface area (Å²) in [6.45, 7) is 0.363. The molecule has 0 atom stereocenters. The van der Waals surface area contributed by atoms with Gasteiger partial charge in [-0.3, -0.25) is 19.4 Å². The fourth-order valence-corrected chi connectivity index (χ4v) is 5.11. The Hall–Kier alpha value is -5.30. The van der Waals surface area contributed by atoms with Gasteiger partial charge in [-0.1, -0.05) is 78.9 Å². The van der Waals surface area contributed by atoms with Crippen LogP contribution >= 0.6 is 0 Å². The first-order valence-electron chi connectivity index (χ1n) is 13.8. The average Bonchev–Trinajstić information content (AvgIpc) is 3.04. The average molecular weight is 558 g/mol. The second-order valence-electron chi connectivity index (χ2n) is 9.96. The lowest BCUT2D eigenvalue weighted by Gasteiger charge is -2.24. The highest BCUT2D eigenvalue weighted by molar-refractivity contribution is 6.14. The molecular formula is C35H31N3O4. The van der Waals surface area contributed by atoms with Gasteiger partial charge in [0.2, 0.25) is 0 Å². The Balaban J connectivity index is 1.49. The van der Waals surface area contributed by atoms with Gasteiger partial charge in [-0.2, -0.15) is 0 Å². The van der Waals surface area contributed by atoms with Crippen molar-refractivity contribution in [3.8, 4) is 11.1 Å². The maximum atomic E-state index is 14.0. The molecule has 1 N–H and O–H groups in total. The Kier molecular flexibility index (Phi) is 8.68. The molecule has 0 aliphatic heterocycles. The molecule has 0 radical (unpaired) electrons. The van der Waals surface area contributed by atoms with E-state index in [9.17, 15) is 19.5 Å². The summed E-state index contributed by atoms with van der Waals surface area (Å²) in [5, 5.41) is 11.3. The number of anilines is 1.